The second kappa shape index (κ2) is 15.7. The number of ether oxygens (including phenoxy) is 6. The molecule has 4 unspecified atom stereocenters. The standard InChI is InChI=1S/C27H39NO9/c1-3-16-34-27(31)28-22-23(30)24-20(18-35-25(37-24)19-13-9-8-10-14-19)36-26(22)33-17-12-7-5-4-6-11-15-21(29)32-2/h3,8-10,13-14,20,22-26,30H,1,4-7,11-12,15-18H2,2H3,(H,28,31)/t20?,22?,23?,24-,25?,26+/m0/s1. The molecule has 6 atom stereocenters. The third kappa shape index (κ3) is 9.08. The molecule has 2 aliphatic heterocycles. The number of alkyl carbamates (subject to hydrolysis) is 1. The number of carbonyl (C=O) groups excluding carboxylic acids is 2. The predicted molar refractivity (Wildman–Crippen MR) is 133 cm³/mol. The second-order valence-electron chi connectivity index (χ2n) is 9.09. The fraction of sp³-hybridized carbons (Fsp3) is 0.630. The molecule has 10 nitrogen and oxygen atoms in total. The van der Waals surface area contributed by atoms with Crippen molar-refractivity contribution in [3.8, 4) is 0 Å². The maximum atomic E-state index is 12.3. The minimum atomic E-state index is -1.11. The van der Waals surface area contributed by atoms with Crippen molar-refractivity contribution in [2.45, 2.75) is 81.9 Å². The number of unbranched alkanes of at least 4 members (excludes halogenated alkanes) is 5. The lowest BCUT2D eigenvalue weighted by atomic mass is 9.96. The Labute approximate surface area is 218 Å². The Morgan fingerprint density at radius 3 is 2.57 bits per heavy atom. The van der Waals surface area contributed by atoms with Crippen molar-refractivity contribution in [1.29, 1.82) is 0 Å². The van der Waals surface area contributed by atoms with Crippen molar-refractivity contribution in [3.63, 3.8) is 0 Å². The molecule has 0 aliphatic carbocycles. The van der Waals surface area contributed by atoms with Gasteiger partial charge in [0.05, 0.1) is 13.7 Å². The van der Waals surface area contributed by atoms with E-state index >= 15 is 0 Å². The van der Waals surface area contributed by atoms with Gasteiger partial charge in [0.25, 0.3) is 0 Å². The Kier molecular flexibility index (Phi) is 12.3. The van der Waals surface area contributed by atoms with Gasteiger partial charge in [0.1, 0.15) is 31.0 Å². The summed E-state index contributed by atoms with van der Waals surface area (Å²) in [7, 11) is 1.40. The molecule has 0 saturated carbocycles. The largest absolute Gasteiger partial charge is 0.469 e. The molecule has 2 fully saturated rings. The highest BCUT2D eigenvalue weighted by molar-refractivity contribution is 5.69. The molecule has 1 aromatic carbocycles. The van der Waals surface area contributed by atoms with Crippen molar-refractivity contribution in [2.24, 2.45) is 0 Å². The van der Waals surface area contributed by atoms with Crippen LogP contribution in [0, 0.1) is 0 Å². The quantitative estimate of drug-likeness (QED) is 0.215. The summed E-state index contributed by atoms with van der Waals surface area (Å²) in [6.45, 7) is 4.17. The van der Waals surface area contributed by atoms with Crippen LogP contribution in [0.1, 0.15) is 56.8 Å². The highest BCUT2D eigenvalue weighted by Crippen LogP contribution is 2.34. The Morgan fingerprint density at radius 2 is 1.84 bits per heavy atom. The van der Waals surface area contributed by atoms with E-state index in [1.54, 1.807) is 0 Å². The number of aliphatic hydroxyl groups is 1. The number of fused-ring (bicyclic) bond motifs is 1. The second-order valence-corrected chi connectivity index (χ2v) is 9.09. The van der Waals surface area contributed by atoms with Crippen LogP contribution in [0.4, 0.5) is 4.79 Å². The van der Waals surface area contributed by atoms with Gasteiger partial charge in [-0.15, -0.1) is 0 Å². The summed E-state index contributed by atoms with van der Waals surface area (Å²) in [5.41, 5.74) is 0.826. The summed E-state index contributed by atoms with van der Waals surface area (Å²) in [5.74, 6) is -0.175. The van der Waals surface area contributed by atoms with E-state index in [9.17, 15) is 14.7 Å². The minimum Gasteiger partial charge on any atom is -0.469 e. The third-order valence-electron chi connectivity index (χ3n) is 6.34. The van der Waals surface area contributed by atoms with Gasteiger partial charge in [0.15, 0.2) is 12.6 Å². The van der Waals surface area contributed by atoms with Gasteiger partial charge in [-0.2, -0.15) is 0 Å². The van der Waals surface area contributed by atoms with Crippen LogP contribution in [-0.2, 0) is 33.2 Å². The van der Waals surface area contributed by atoms with Crippen LogP contribution in [-0.4, -0.2) is 74.7 Å². The summed E-state index contributed by atoms with van der Waals surface area (Å²) in [6, 6.07) is 8.53. The topological polar surface area (TPSA) is 122 Å². The molecular formula is C27H39NO9. The first kappa shape index (κ1) is 29.1. The number of aliphatic hydroxyl groups excluding tert-OH is 1. The van der Waals surface area contributed by atoms with Gasteiger partial charge in [-0.3, -0.25) is 4.79 Å². The first-order valence-electron chi connectivity index (χ1n) is 12.9. The molecule has 1 amide bonds. The molecule has 2 heterocycles. The summed E-state index contributed by atoms with van der Waals surface area (Å²) < 4.78 is 33.6. The van der Waals surface area contributed by atoms with E-state index in [-0.39, 0.29) is 19.2 Å². The van der Waals surface area contributed by atoms with Crippen molar-refractivity contribution in [3.05, 3.63) is 48.6 Å². The van der Waals surface area contributed by atoms with Crippen LogP contribution in [0.15, 0.2) is 43.0 Å². The van der Waals surface area contributed by atoms with E-state index in [1.165, 1.54) is 13.2 Å². The van der Waals surface area contributed by atoms with Gasteiger partial charge in [-0.05, 0) is 12.8 Å². The number of amides is 1. The minimum absolute atomic E-state index is 0.0349. The van der Waals surface area contributed by atoms with E-state index in [0.717, 1.165) is 44.1 Å². The highest BCUT2D eigenvalue weighted by atomic mass is 16.7. The number of benzene rings is 1. The van der Waals surface area contributed by atoms with Gasteiger partial charge in [-0.1, -0.05) is 68.7 Å². The lowest BCUT2D eigenvalue weighted by molar-refractivity contribution is -0.344. The fourth-order valence-electron chi connectivity index (χ4n) is 4.36. The van der Waals surface area contributed by atoms with Crippen molar-refractivity contribution < 1.29 is 43.1 Å². The number of hydrogen-bond donors (Lipinski definition) is 2. The number of esters is 1. The Hall–Kier alpha value is -2.50. The molecule has 2 aliphatic rings. The number of nitrogens with one attached hydrogen (secondary N) is 1. The number of methoxy groups -OCH3 is 1. The van der Waals surface area contributed by atoms with Gasteiger partial charge in [0.2, 0.25) is 0 Å². The molecule has 0 spiro atoms. The number of rotatable bonds is 14. The van der Waals surface area contributed by atoms with Gasteiger partial charge >= 0.3 is 12.1 Å². The summed E-state index contributed by atoms with van der Waals surface area (Å²) in [5, 5.41) is 13.9. The summed E-state index contributed by atoms with van der Waals surface area (Å²) >= 11 is 0. The molecule has 10 heteroatoms. The molecule has 2 saturated heterocycles. The number of hydrogen-bond acceptors (Lipinski definition) is 9. The first-order valence-corrected chi connectivity index (χ1v) is 12.9. The molecule has 0 radical (unpaired) electrons. The van der Waals surface area contributed by atoms with Gasteiger partial charge < -0.3 is 38.8 Å². The molecular weight excluding hydrogens is 482 g/mol. The van der Waals surface area contributed by atoms with Crippen LogP contribution in [0.2, 0.25) is 0 Å². The van der Waals surface area contributed by atoms with E-state index in [2.05, 4.69) is 16.6 Å². The van der Waals surface area contributed by atoms with Crippen molar-refractivity contribution >= 4 is 12.1 Å². The normalized spacial score (nSPS) is 27.1. The zero-order chi connectivity index (χ0) is 26.5. The Bertz CT molecular complexity index is 836. The van der Waals surface area contributed by atoms with Crippen molar-refractivity contribution in [1.82, 2.24) is 5.32 Å². The zero-order valence-electron chi connectivity index (χ0n) is 21.4. The smallest absolute Gasteiger partial charge is 0.407 e. The van der Waals surface area contributed by atoms with Crippen LogP contribution >= 0.6 is 0 Å². The predicted octanol–water partition coefficient (Wildman–Crippen LogP) is 3.39. The van der Waals surface area contributed by atoms with Crippen LogP contribution < -0.4 is 5.32 Å². The monoisotopic (exact) mass is 521 g/mol. The van der Waals surface area contributed by atoms with E-state index in [0.29, 0.717) is 13.0 Å². The maximum absolute atomic E-state index is 12.3. The van der Waals surface area contributed by atoms with E-state index < -0.39 is 43.0 Å². The van der Waals surface area contributed by atoms with Crippen LogP contribution in [0.5, 0.6) is 0 Å². The first-order chi connectivity index (χ1) is 18.0. The Balaban J connectivity index is 1.50. The van der Waals surface area contributed by atoms with E-state index in [4.69, 9.17) is 23.7 Å². The average Bonchev–Trinajstić information content (AvgIpc) is 2.93. The molecule has 206 valence electrons. The van der Waals surface area contributed by atoms with Crippen LogP contribution in [0.3, 0.4) is 0 Å². The SMILES string of the molecule is C=CCOC(=O)NC1C(O)[C@H]2OC(c3ccccc3)OCC2O[C@H]1OCCCCCCCCC(=O)OC. The molecule has 37 heavy (non-hydrogen) atoms. The number of carbonyl (C=O) groups is 2. The summed E-state index contributed by atoms with van der Waals surface area (Å²) in [4.78, 5) is 23.4. The lowest BCUT2D eigenvalue weighted by Gasteiger charge is -2.47. The average molecular weight is 522 g/mol. The van der Waals surface area contributed by atoms with Crippen LogP contribution in [0.25, 0.3) is 0 Å². The third-order valence-corrected chi connectivity index (χ3v) is 6.34. The molecule has 0 bridgehead atoms. The highest BCUT2D eigenvalue weighted by Gasteiger charge is 2.50. The molecule has 2 N–H and O–H groups in total. The fourth-order valence-corrected chi connectivity index (χ4v) is 4.36. The molecule has 1 aromatic rings. The Morgan fingerprint density at radius 1 is 1.11 bits per heavy atom. The molecule has 0 aromatic heterocycles. The van der Waals surface area contributed by atoms with Gasteiger partial charge in [0, 0.05) is 18.6 Å². The lowest BCUT2D eigenvalue weighted by Crippen LogP contribution is -2.66. The van der Waals surface area contributed by atoms with Crippen molar-refractivity contribution in [2.75, 3.05) is 26.9 Å². The van der Waals surface area contributed by atoms with E-state index in [1.807, 2.05) is 30.3 Å². The van der Waals surface area contributed by atoms with Gasteiger partial charge in [-0.25, -0.2) is 4.79 Å². The summed E-state index contributed by atoms with van der Waals surface area (Å²) in [6.07, 6.45) is 2.83. The zero-order valence-corrected chi connectivity index (χ0v) is 21.4. The molecule has 3 rings (SSSR count). The maximum Gasteiger partial charge on any atom is 0.407 e.